The molecule has 1 amide bonds. The van der Waals surface area contributed by atoms with Gasteiger partial charge >= 0.3 is 5.97 Å². The summed E-state index contributed by atoms with van der Waals surface area (Å²) < 4.78 is 6.10. The second-order valence-corrected chi connectivity index (χ2v) is 6.16. The molecule has 0 saturated carbocycles. The van der Waals surface area contributed by atoms with Gasteiger partial charge in [-0.1, -0.05) is 0 Å². The smallest absolute Gasteiger partial charge is 0.317 e. The van der Waals surface area contributed by atoms with Gasteiger partial charge < -0.3 is 14.8 Å². The van der Waals surface area contributed by atoms with Gasteiger partial charge in [-0.25, -0.2) is 0 Å². The number of halogens is 1. The number of anilines is 1. The maximum atomic E-state index is 12.4. The Labute approximate surface area is 135 Å². The number of fused-ring (bicyclic) bond motifs is 1. The first kappa shape index (κ1) is 15.1. The van der Waals surface area contributed by atoms with Gasteiger partial charge in [0.15, 0.2) is 0 Å². The first-order valence-corrected chi connectivity index (χ1v) is 7.77. The lowest BCUT2D eigenvalue weighted by Gasteiger charge is -2.21. The fourth-order valence-electron chi connectivity index (χ4n) is 2.82. The van der Waals surface area contributed by atoms with E-state index in [9.17, 15) is 9.59 Å². The summed E-state index contributed by atoms with van der Waals surface area (Å²) in [5.74, 6) is -1.09. The third-order valence-electron chi connectivity index (χ3n) is 3.78. The Balaban J connectivity index is 1.76. The predicted molar refractivity (Wildman–Crippen MR) is 84.8 cm³/mol. The Morgan fingerprint density at radius 2 is 2.27 bits per heavy atom. The van der Waals surface area contributed by atoms with E-state index < -0.39 is 12.0 Å². The number of carbonyl (C=O) groups is 2. The number of hydrogen-bond acceptors (Lipinski definition) is 4. The van der Waals surface area contributed by atoms with E-state index in [1.54, 1.807) is 17.2 Å². The number of nitrogens with zero attached hydrogens (tertiary/aromatic N) is 1. The van der Waals surface area contributed by atoms with Crippen molar-refractivity contribution in [3.05, 3.63) is 28.9 Å². The van der Waals surface area contributed by atoms with Crippen molar-refractivity contribution < 1.29 is 19.1 Å². The molecule has 1 aromatic carbocycles. The van der Waals surface area contributed by atoms with Crippen LogP contribution in [0.1, 0.15) is 12.8 Å². The molecule has 116 valence electrons. The molecule has 0 bridgehead atoms. The van der Waals surface area contributed by atoms with Gasteiger partial charge in [-0.15, -0.1) is 0 Å². The number of rotatable bonds is 4. The average molecular weight is 367 g/mol. The Bertz CT molecular complexity index is 727. The van der Waals surface area contributed by atoms with Crippen LogP contribution in [-0.4, -0.2) is 41.0 Å². The minimum absolute atomic E-state index is 0.109. The van der Waals surface area contributed by atoms with Gasteiger partial charge in [0.2, 0.25) is 5.91 Å². The fourth-order valence-corrected chi connectivity index (χ4v) is 3.39. The standard InChI is InChI=1S/C15H15BrN2O4/c16-11-7-10(6-9-3-5-22-14(9)11)17-15(21)12-2-1-4-18(12)8-13(19)20/h3,5-7,12H,1-2,4,8H2,(H,17,21)(H,19,20)/t12-/m0/s1. The molecule has 2 heterocycles. The molecule has 0 aliphatic carbocycles. The average Bonchev–Trinajstić information content (AvgIpc) is 3.06. The number of likely N-dealkylation sites (tertiary alicyclic amines) is 1. The summed E-state index contributed by atoms with van der Waals surface area (Å²) in [6, 6.07) is 5.04. The Morgan fingerprint density at radius 3 is 3.05 bits per heavy atom. The Morgan fingerprint density at radius 1 is 1.45 bits per heavy atom. The van der Waals surface area contributed by atoms with E-state index in [2.05, 4.69) is 21.2 Å². The van der Waals surface area contributed by atoms with E-state index in [1.807, 2.05) is 12.1 Å². The van der Waals surface area contributed by atoms with Crippen LogP contribution in [0.5, 0.6) is 0 Å². The number of benzene rings is 1. The number of aliphatic carboxylic acids is 1. The molecule has 2 aromatic rings. The van der Waals surface area contributed by atoms with E-state index in [-0.39, 0.29) is 12.5 Å². The van der Waals surface area contributed by atoms with Crippen LogP contribution in [0, 0.1) is 0 Å². The molecule has 7 heteroatoms. The van der Waals surface area contributed by atoms with Crippen molar-refractivity contribution in [1.29, 1.82) is 0 Å². The van der Waals surface area contributed by atoms with Crippen molar-refractivity contribution in [3.63, 3.8) is 0 Å². The Kier molecular flexibility index (Phi) is 4.17. The van der Waals surface area contributed by atoms with Gasteiger partial charge in [0.05, 0.1) is 23.3 Å². The number of furan rings is 1. The van der Waals surface area contributed by atoms with E-state index in [0.29, 0.717) is 18.7 Å². The van der Waals surface area contributed by atoms with Crippen LogP contribution in [0.3, 0.4) is 0 Å². The lowest BCUT2D eigenvalue weighted by atomic mass is 10.2. The number of hydrogen-bond donors (Lipinski definition) is 2. The summed E-state index contributed by atoms with van der Waals surface area (Å²) in [6.07, 6.45) is 3.09. The third-order valence-corrected chi connectivity index (χ3v) is 4.37. The van der Waals surface area contributed by atoms with Crippen molar-refractivity contribution in [2.24, 2.45) is 0 Å². The van der Waals surface area contributed by atoms with Crippen molar-refractivity contribution in [2.75, 3.05) is 18.4 Å². The minimum Gasteiger partial charge on any atom is -0.480 e. The summed E-state index contributed by atoms with van der Waals surface area (Å²) in [7, 11) is 0. The molecule has 1 aliphatic heterocycles. The molecule has 1 aromatic heterocycles. The van der Waals surface area contributed by atoms with Crippen LogP contribution in [0.25, 0.3) is 11.0 Å². The van der Waals surface area contributed by atoms with Crippen LogP contribution in [-0.2, 0) is 9.59 Å². The van der Waals surface area contributed by atoms with Gasteiger partial charge in [-0.3, -0.25) is 14.5 Å². The van der Waals surface area contributed by atoms with Crippen molar-refractivity contribution >= 4 is 44.5 Å². The second kappa shape index (κ2) is 6.10. The maximum Gasteiger partial charge on any atom is 0.317 e. The topological polar surface area (TPSA) is 82.8 Å². The number of amides is 1. The largest absolute Gasteiger partial charge is 0.480 e. The normalized spacial score (nSPS) is 18.7. The summed E-state index contributed by atoms with van der Waals surface area (Å²) in [4.78, 5) is 25.0. The van der Waals surface area contributed by atoms with Crippen molar-refractivity contribution in [2.45, 2.75) is 18.9 Å². The number of carboxylic acid groups (broad SMARTS) is 1. The summed E-state index contributed by atoms with van der Waals surface area (Å²) in [6.45, 7) is 0.525. The van der Waals surface area contributed by atoms with E-state index in [0.717, 1.165) is 21.9 Å². The third kappa shape index (κ3) is 3.00. The number of carboxylic acids is 1. The highest BCUT2D eigenvalue weighted by atomic mass is 79.9. The zero-order valence-corrected chi connectivity index (χ0v) is 13.3. The van der Waals surface area contributed by atoms with Crippen LogP contribution in [0.4, 0.5) is 5.69 Å². The molecule has 1 saturated heterocycles. The fraction of sp³-hybridized carbons (Fsp3) is 0.333. The van der Waals surface area contributed by atoms with Crippen LogP contribution >= 0.6 is 15.9 Å². The molecule has 3 rings (SSSR count). The minimum atomic E-state index is -0.915. The number of nitrogens with one attached hydrogen (secondary N) is 1. The molecule has 6 nitrogen and oxygen atoms in total. The Hall–Kier alpha value is -1.86. The zero-order valence-electron chi connectivity index (χ0n) is 11.7. The summed E-state index contributed by atoms with van der Waals surface area (Å²) in [5, 5.41) is 12.7. The van der Waals surface area contributed by atoms with Gasteiger partial charge in [0, 0.05) is 11.1 Å². The van der Waals surface area contributed by atoms with Gasteiger partial charge in [-0.05, 0) is 53.5 Å². The van der Waals surface area contributed by atoms with Gasteiger partial charge in [0.25, 0.3) is 0 Å². The molecule has 22 heavy (non-hydrogen) atoms. The molecule has 1 fully saturated rings. The van der Waals surface area contributed by atoms with E-state index in [4.69, 9.17) is 9.52 Å². The van der Waals surface area contributed by atoms with E-state index >= 15 is 0 Å². The zero-order chi connectivity index (χ0) is 15.7. The summed E-state index contributed by atoms with van der Waals surface area (Å²) >= 11 is 3.41. The highest BCUT2D eigenvalue weighted by Crippen LogP contribution is 2.29. The molecule has 1 aliphatic rings. The SMILES string of the molecule is O=C(O)CN1CCC[C@H]1C(=O)Nc1cc(Br)c2occc2c1. The molecule has 0 radical (unpaired) electrons. The molecule has 0 spiro atoms. The highest BCUT2D eigenvalue weighted by Gasteiger charge is 2.31. The molecular formula is C15H15BrN2O4. The van der Waals surface area contributed by atoms with Crippen molar-refractivity contribution in [3.8, 4) is 0 Å². The lowest BCUT2D eigenvalue weighted by molar-refractivity contribution is -0.139. The maximum absolute atomic E-state index is 12.4. The first-order valence-electron chi connectivity index (χ1n) is 6.98. The van der Waals surface area contributed by atoms with Crippen molar-refractivity contribution in [1.82, 2.24) is 4.90 Å². The van der Waals surface area contributed by atoms with Crippen LogP contribution < -0.4 is 5.32 Å². The molecule has 1 atom stereocenters. The predicted octanol–water partition coefficient (Wildman–Crippen LogP) is 2.68. The van der Waals surface area contributed by atoms with Crippen LogP contribution in [0.2, 0.25) is 0 Å². The molecular weight excluding hydrogens is 352 g/mol. The van der Waals surface area contributed by atoms with Crippen LogP contribution in [0.15, 0.2) is 33.4 Å². The molecule has 2 N–H and O–H groups in total. The monoisotopic (exact) mass is 366 g/mol. The highest BCUT2D eigenvalue weighted by molar-refractivity contribution is 9.10. The van der Waals surface area contributed by atoms with Gasteiger partial charge in [0.1, 0.15) is 5.58 Å². The molecule has 0 unspecified atom stereocenters. The first-order chi connectivity index (χ1) is 10.5. The number of carbonyl (C=O) groups excluding carboxylic acids is 1. The quantitative estimate of drug-likeness (QED) is 0.868. The second-order valence-electron chi connectivity index (χ2n) is 5.31. The lowest BCUT2D eigenvalue weighted by Crippen LogP contribution is -2.42. The van der Waals surface area contributed by atoms with E-state index in [1.165, 1.54) is 0 Å². The van der Waals surface area contributed by atoms with Gasteiger partial charge in [-0.2, -0.15) is 0 Å². The summed E-state index contributed by atoms with van der Waals surface area (Å²) in [5.41, 5.74) is 1.39.